The van der Waals surface area contributed by atoms with Gasteiger partial charge in [-0.05, 0) is 66.0 Å². The summed E-state index contributed by atoms with van der Waals surface area (Å²) in [6.45, 7) is 6.28. The highest BCUT2D eigenvalue weighted by Crippen LogP contribution is 2.57. The second kappa shape index (κ2) is 11.7. The molecular weight excluding hydrogens is 544 g/mol. The molecule has 1 fully saturated rings. The molecule has 4 rings (SSSR count). The number of aliphatic hydroxyl groups excluding tert-OH is 2. The molecular formula is C29H36Cl2FN3O4. The van der Waals surface area contributed by atoms with Crippen LogP contribution in [0.4, 0.5) is 10.1 Å². The average Bonchev–Trinajstić information content (AvgIpc) is 3.32. The summed E-state index contributed by atoms with van der Waals surface area (Å²) in [5.41, 5.74) is -0.0136. The summed E-state index contributed by atoms with van der Waals surface area (Å²) >= 11 is 12.5. The van der Waals surface area contributed by atoms with Gasteiger partial charge in [0.15, 0.2) is 0 Å². The third kappa shape index (κ3) is 5.81. The summed E-state index contributed by atoms with van der Waals surface area (Å²) in [6.07, 6.45) is 1.38. The summed E-state index contributed by atoms with van der Waals surface area (Å²) in [6, 6.07) is 8.42. The molecule has 2 amide bonds. The smallest absolute Gasteiger partial charge is 0.237 e. The van der Waals surface area contributed by atoms with Gasteiger partial charge in [0.25, 0.3) is 0 Å². The van der Waals surface area contributed by atoms with Crippen LogP contribution in [0.25, 0.3) is 0 Å². The molecule has 0 bridgehead atoms. The van der Waals surface area contributed by atoms with Crippen LogP contribution in [0.1, 0.15) is 57.1 Å². The molecule has 1 spiro atoms. The molecule has 2 aromatic carbocycles. The second-order valence-electron chi connectivity index (χ2n) is 11.8. The standard InChI is InChI=1S/C29H36Cl2FN3O4/c1-28(2,3)14-23-29(19-12-21(32)20(31)13-22(19)34-27(29)39)24(17-5-4-6-18(30)11-17)25(35-23)26(38)33-15-16(7-9-36)8-10-37/h4-6,11-13,16,23-25,35-37H,7-10,14-15H2,1-3H3,(H,33,38)(H,34,39)/t23-,24+,25-,29+/m1/s1. The number of hydrogen-bond donors (Lipinski definition) is 5. The van der Waals surface area contributed by atoms with Crippen LogP contribution in [0.5, 0.6) is 0 Å². The zero-order valence-electron chi connectivity index (χ0n) is 22.4. The SMILES string of the molecule is CC(C)(C)C[C@H]1N[C@@H](C(=O)NCC(CCO)CCO)[C@H](c2cccc(Cl)c2)[C@@]12C(=O)Nc1cc(Cl)c(F)cc12. The maximum atomic E-state index is 15.0. The molecule has 39 heavy (non-hydrogen) atoms. The maximum absolute atomic E-state index is 15.0. The van der Waals surface area contributed by atoms with Crippen LogP contribution in [0.3, 0.4) is 0 Å². The van der Waals surface area contributed by atoms with E-state index in [0.29, 0.717) is 41.1 Å². The molecule has 5 N–H and O–H groups in total. The van der Waals surface area contributed by atoms with Crippen molar-refractivity contribution >= 4 is 40.7 Å². The van der Waals surface area contributed by atoms with E-state index < -0.39 is 29.2 Å². The number of nitrogens with one attached hydrogen (secondary N) is 3. The number of aliphatic hydroxyl groups is 2. The monoisotopic (exact) mass is 579 g/mol. The summed E-state index contributed by atoms with van der Waals surface area (Å²) in [5.74, 6) is -2.14. The highest BCUT2D eigenvalue weighted by molar-refractivity contribution is 6.31. The molecule has 0 radical (unpaired) electrons. The minimum Gasteiger partial charge on any atom is -0.396 e. The molecule has 0 unspecified atom stereocenters. The van der Waals surface area contributed by atoms with Gasteiger partial charge < -0.3 is 26.2 Å². The van der Waals surface area contributed by atoms with Gasteiger partial charge in [-0.3, -0.25) is 9.59 Å². The lowest BCUT2D eigenvalue weighted by Crippen LogP contribution is -2.49. The van der Waals surface area contributed by atoms with Gasteiger partial charge >= 0.3 is 0 Å². The van der Waals surface area contributed by atoms with E-state index in [2.05, 4.69) is 36.7 Å². The van der Waals surface area contributed by atoms with Crippen LogP contribution in [0.2, 0.25) is 10.0 Å². The minimum atomic E-state index is -1.32. The van der Waals surface area contributed by atoms with E-state index in [1.807, 2.05) is 6.07 Å². The van der Waals surface area contributed by atoms with Crippen molar-refractivity contribution in [1.82, 2.24) is 10.6 Å². The fraction of sp³-hybridized carbons (Fsp3) is 0.517. The van der Waals surface area contributed by atoms with E-state index >= 15 is 0 Å². The van der Waals surface area contributed by atoms with Gasteiger partial charge in [0.1, 0.15) is 11.2 Å². The van der Waals surface area contributed by atoms with Gasteiger partial charge in [-0.2, -0.15) is 0 Å². The number of anilines is 1. The summed E-state index contributed by atoms with van der Waals surface area (Å²) in [5, 5.41) is 28.5. The van der Waals surface area contributed by atoms with Gasteiger partial charge in [-0.15, -0.1) is 0 Å². The largest absolute Gasteiger partial charge is 0.396 e. The average molecular weight is 581 g/mol. The lowest BCUT2D eigenvalue weighted by molar-refractivity contribution is -0.124. The first-order valence-electron chi connectivity index (χ1n) is 13.2. The van der Waals surface area contributed by atoms with Crippen molar-refractivity contribution in [3.05, 3.63) is 63.4 Å². The third-order valence-corrected chi connectivity index (χ3v) is 8.36. The first-order valence-corrected chi connectivity index (χ1v) is 14.0. The number of amides is 2. The third-order valence-electron chi connectivity index (χ3n) is 7.83. The Morgan fingerprint density at radius 2 is 1.85 bits per heavy atom. The van der Waals surface area contributed by atoms with Crippen molar-refractivity contribution in [3.63, 3.8) is 0 Å². The molecule has 2 aromatic rings. The Balaban J connectivity index is 1.86. The van der Waals surface area contributed by atoms with Gasteiger partial charge in [0, 0.05) is 42.4 Å². The van der Waals surface area contributed by atoms with Gasteiger partial charge in [0.05, 0.1) is 11.1 Å². The lowest BCUT2D eigenvalue weighted by Gasteiger charge is -2.37. The number of hydrogen-bond acceptors (Lipinski definition) is 5. The van der Waals surface area contributed by atoms with Crippen LogP contribution in [-0.2, 0) is 15.0 Å². The van der Waals surface area contributed by atoms with Gasteiger partial charge in [-0.25, -0.2) is 4.39 Å². The molecule has 0 aliphatic carbocycles. The van der Waals surface area contributed by atoms with Crippen LogP contribution >= 0.6 is 23.2 Å². The Bertz CT molecular complexity index is 1230. The van der Waals surface area contributed by atoms with Crippen LogP contribution in [-0.4, -0.2) is 53.9 Å². The van der Waals surface area contributed by atoms with E-state index in [1.165, 1.54) is 12.1 Å². The van der Waals surface area contributed by atoms with Crippen molar-refractivity contribution in [2.45, 2.75) is 63.5 Å². The normalized spacial score (nSPS) is 24.3. The molecule has 7 nitrogen and oxygen atoms in total. The summed E-state index contributed by atoms with van der Waals surface area (Å²) in [7, 11) is 0. The molecule has 0 saturated carbocycles. The van der Waals surface area contributed by atoms with E-state index in [-0.39, 0.29) is 47.9 Å². The Morgan fingerprint density at radius 1 is 1.15 bits per heavy atom. The van der Waals surface area contributed by atoms with E-state index in [9.17, 15) is 24.2 Å². The molecule has 212 valence electrons. The van der Waals surface area contributed by atoms with Gasteiger partial charge in [0.2, 0.25) is 11.8 Å². The van der Waals surface area contributed by atoms with E-state index in [0.717, 1.165) is 0 Å². The fourth-order valence-corrected chi connectivity index (χ4v) is 6.56. The molecule has 1 saturated heterocycles. The first kappa shape index (κ1) is 29.7. The van der Waals surface area contributed by atoms with Crippen LogP contribution in [0.15, 0.2) is 36.4 Å². The van der Waals surface area contributed by atoms with Crippen molar-refractivity contribution in [2.75, 3.05) is 25.1 Å². The zero-order valence-corrected chi connectivity index (χ0v) is 23.9. The number of carbonyl (C=O) groups excluding carboxylic acids is 2. The Hall–Kier alpha value is -2.23. The quantitative estimate of drug-likeness (QED) is 0.303. The van der Waals surface area contributed by atoms with Crippen molar-refractivity contribution < 1.29 is 24.2 Å². The lowest BCUT2D eigenvalue weighted by atomic mass is 9.62. The topological polar surface area (TPSA) is 111 Å². The molecule has 4 atom stereocenters. The predicted octanol–water partition coefficient (Wildman–Crippen LogP) is 4.38. The summed E-state index contributed by atoms with van der Waals surface area (Å²) in [4.78, 5) is 28.0. The number of rotatable bonds is 9. The van der Waals surface area contributed by atoms with Crippen molar-refractivity contribution in [1.29, 1.82) is 0 Å². The Morgan fingerprint density at radius 3 is 2.46 bits per heavy atom. The first-order chi connectivity index (χ1) is 18.4. The minimum absolute atomic E-state index is 0.0603. The number of carbonyl (C=O) groups is 2. The fourth-order valence-electron chi connectivity index (χ4n) is 6.20. The highest BCUT2D eigenvalue weighted by atomic mass is 35.5. The highest BCUT2D eigenvalue weighted by Gasteiger charge is 2.65. The Kier molecular flexibility index (Phi) is 8.93. The van der Waals surface area contributed by atoms with E-state index in [4.69, 9.17) is 23.2 Å². The van der Waals surface area contributed by atoms with Crippen molar-refractivity contribution in [3.8, 4) is 0 Å². The van der Waals surface area contributed by atoms with Crippen molar-refractivity contribution in [2.24, 2.45) is 11.3 Å². The zero-order chi connectivity index (χ0) is 28.5. The van der Waals surface area contributed by atoms with Crippen LogP contribution < -0.4 is 16.0 Å². The number of halogens is 3. The van der Waals surface area contributed by atoms with E-state index in [1.54, 1.807) is 18.2 Å². The molecule has 2 heterocycles. The molecule has 0 aromatic heterocycles. The molecule has 2 aliphatic rings. The molecule has 2 aliphatic heterocycles. The number of fused-ring (bicyclic) bond motifs is 2. The van der Waals surface area contributed by atoms with Gasteiger partial charge in [-0.1, -0.05) is 56.1 Å². The Labute approximate surface area is 238 Å². The molecule has 10 heteroatoms. The van der Waals surface area contributed by atoms with Crippen LogP contribution in [0, 0.1) is 17.2 Å². The summed E-state index contributed by atoms with van der Waals surface area (Å²) < 4.78 is 15.0. The number of benzene rings is 2. The predicted molar refractivity (Wildman–Crippen MR) is 151 cm³/mol. The maximum Gasteiger partial charge on any atom is 0.237 e. The second-order valence-corrected chi connectivity index (χ2v) is 12.6.